The van der Waals surface area contributed by atoms with Crippen LogP contribution in [-0.4, -0.2) is 30.1 Å². The summed E-state index contributed by atoms with van der Waals surface area (Å²) in [6.45, 7) is 3.33. The van der Waals surface area contributed by atoms with E-state index in [4.69, 9.17) is 9.47 Å². The number of nitrogens with zero attached hydrogens (tertiary/aromatic N) is 1. The summed E-state index contributed by atoms with van der Waals surface area (Å²) in [6.07, 6.45) is 0.790. The molecule has 0 bridgehead atoms. The number of esters is 2. The fourth-order valence-electron chi connectivity index (χ4n) is 1.44. The first-order chi connectivity index (χ1) is 10.5. The summed E-state index contributed by atoms with van der Waals surface area (Å²) in [7, 11) is 0. The Labute approximate surface area is 126 Å². The highest BCUT2D eigenvalue weighted by Crippen LogP contribution is 2.27. The molecular weight excluding hydrogens is 294 g/mol. The van der Waals surface area contributed by atoms with Gasteiger partial charge in [0.15, 0.2) is 0 Å². The number of carbonyl (C=O) groups is 2. The molecule has 0 aliphatic heterocycles. The van der Waals surface area contributed by atoms with Crippen LogP contribution in [0.5, 0.6) is 5.75 Å². The lowest BCUT2D eigenvalue weighted by Crippen LogP contribution is -2.16. The van der Waals surface area contributed by atoms with E-state index in [-0.39, 0.29) is 24.7 Å². The summed E-state index contributed by atoms with van der Waals surface area (Å²) < 4.78 is 14.6. The molecule has 0 spiro atoms. The maximum Gasteiger partial charge on any atom is 0.374 e. The second kappa shape index (κ2) is 8.40. The first kappa shape index (κ1) is 17.2. The van der Waals surface area contributed by atoms with Crippen molar-refractivity contribution in [3.63, 3.8) is 0 Å². The fraction of sp³-hybridized carbons (Fsp3) is 0.286. The summed E-state index contributed by atoms with van der Waals surface area (Å²) in [4.78, 5) is 33.5. The lowest BCUT2D eigenvalue weighted by Gasteiger charge is -2.09. The topological polar surface area (TPSA) is 105 Å². The Morgan fingerprint density at radius 1 is 1.18 bits per heavy atom. The van der Waals surface area contributed by atoms with E-state index in [1.807, 2.05) is 0 Å². The first-order valence-corrected chi connectivity index (χ1v) is 6.46. The van der Waals surface area contributed by atoms with Gasteiger partial charge in [0.2, 0.25) is 11.5 Å². The highest BCUT2D eigenvalue weighted by Gasteiger charge is 2.21. The Bertz CT molecular complexity index is 595. The molecule has 22 heavy (non-hydrogen) atoms. The van der Waals surface area contributed by atoms with Crippen LogP contribution in [0, 0.1) is 10.1 Å². The zero-order chi connectivity index (χ0) is 16.5. The number of carbonyl (C=O) groups excluding carboxylic acids is 2. The van der Waals surface area contributed by atoms with Gasteiger partial charge in [-0.3, -0.25) is 10.1 Å². The third-order valence-electron chi connectivity index (χ3n) is 2.29. The molecule has 0 amide bonds. The molecule has 118 valence electrons. The molecule has 0 saturated carbocycles. The van der Waals surface area contributed by atoms with Crippen molar-refractivity contribution in [1.82, 2.24) is 0 Å². The monoisotopic (exact) mass is 309 g/mol. The molecule has 0 N–H and O–H groups in total. The SMILES string of the molecule is CCOC(=O)/C=C(\Oc1ccccc1[N+](=O)[O-])C(=O)OCC. The number of nitro benzene ring substituents is 1. The van der Waals surface area contributed by atoms with Gasteiger partial charge in [0.05, 0.1) is 24.2 Å². The van der Waals surface area contributed by atoms with Crippen LogP contribution < -0.4 is 4.74 Å². The Kier molecular flexibility index (Phi) is 6.55. The lowest BCUT2D eigenvalue weighted by atomic mass is 10.3. The van der Waals surface area contributed by atoms with Crippen LogP contribution in [0.2, 0.25) is 0 Å². The van der Waals surface area contributed by atoms with Gasteiger partial charge in [-0.1, -0.05) is 12.1 Å². The quantitative estimate of drug-likeness (QED) is 0.249. The molecule has 0 aliphatic rings. The lowest BCUT2D eigenvalue weighted by molar-refractivity contribution is -0.385. The van der Waals surface area contributed by atoms with Gasteiger partial charge in [0, 0.05) is 6.07 Å². The zero-order valence-electron chi connectivity index (χ0n) is 12.1. The predicted octanol–water partition coefficient (Wildman–Crippen LogP) is 1.98. The standard InChI is InChI=1S/C14H15NO7/c1-3-20-13(16)9-12(14(17)21-4-2)22-11-8-6-5-7-10(11)15(18)19/h5-9H,3-4H2,1-2H3/b12-9-. The van der Waals surface area contributed by atoms with Crippen molar-refractivity contribution in [1.29, 1.82) is 0 Å². The molecule has 0 saturated heterocycles. The minimum Gasteiger partial charge on any atom is -0.463 e. The van der Waals surface area contributed by atoms with Gasteiger partial charge >= 0.3 is 17.6 Å². The second-order valence-electron chi connectivity index (χ2n) is 3.81. The van der Waals surface area contributed by atoms with E-state index in [0.717, 1.165) is 6.08 Å². The molecular formula is C14H15NO7. The highest BCUT2D eigenvalue weighted by atomic mass is 16.6. The Morgan fingerprint density at radius 2 is 1.82 bits per heavy atom. The summed E-state index contributed by atoms with van der Waals surface area (Å²) in [5, 5.41) is 10.9. The molecule has 1 rings (SSSR count). The summed E-state index contributed by atoms with van der Waals surface area (Å²) in [5.74, 6) is -2.41. The van der Waals surface area contributed by atoms with E-state index in [9.17, 15) is 19.7 Å². The Morgan fingerprint density at radius 3 is 2.41 bits per heavy atom. The minimum absolute atomic E-state index is 0.0548. The molecule has 0 fully saturated rings. The van der Waals surface area contributed by atoms with Crippen molar-refractivity contribution in [2.75, 3.05) is 13.2 Å². The largest absolute Gasteiger partial charge is 0.463 e. The number of nitro groups is 1. The molecule has 0 heterocycles. The van der Waals surface area contributed by atoms with E-state index in [1.165, 1.54) is 24.3 Å². The molecule has 8 heteroatoms. The van der Waals surface area contributed by atoms with E-state index in [2.05, 4.69) is 4.74 Å². The molecule has 1 aromatic rings. The third-order valence-corrected chi connectivity index (χ3v) is 2.29. The van der Waals surface area contributed by atoms with Crippen LogP contribution in [0.15, 0.2) is 36.1 Å². The van der Waals surface area contributed by atoms with Gasteiger partial charge in [-0.05, 0) is 19.9 Å². The normalized spacial score (nSPS) is 10.7. The zero-order valence-corrected chi connectivity index (χ0v) is 12.1. The average Bonchev–Trinajstić information content (AvgIpc) is 2.47. The minimum atomic E-state index is -0.922. The molecule has 0 unspecified atom stereocenters. The first-order valence-electron chi connectivity index (χ1n) is 6.46. The van der Waals surface area contributed by atoms with Crippen molar-refractivity contribution in [2.45, 2.75) is 13.8 Å². The predicted molar refractivity (Wildman–Crippen MR) is 75.1 cm³/mol. The van der Waals surface area contributed by atoms with Crippen molar-refractivity contribution >= 4 is 17.6 Å². The van der Waals surface area contributed by atoms with E-state index in [0.29, 0.717) is 0 Å². The van der Waals surface area contributed by atoms with Gasteiger partial charge in [0.25, 0.3) is 0 Å². The van der Waals surface area contributed by atoms with Gasteiger partial charge in [-0.2, -0.15) is 0 Å². The van der Waals surface area contributed by atoms with Crippen LogP contribution in [-0.2, 0) is 19.1 Å². The summed E-state index contributed by atoms with van der Waals surface area (Å²) in [5.41, 5.74) is -0.346. The van der Waals surface area contributed by atoms with Crippen LogP contribution >= 0.6 is 0 Å². The number of para-hydroxylation sites is 2. The number of benzene rings is 1. The summed E-state index contributed by atoms with van der Waals surface area (Å²) >= 11 is 0. The van der Waals surface area contributed by atoms with Crippen molar-refractivity contribution in [3.05, 3.63) is 46.2 Å². The molecule has 0 aromatic heterocycles. The van der Waals surface area contributed by atoms with Gasteiger partial charge in [-0.25, -0.2) is 9.59 Å². The molecule has 0 radical (unpaired) electrons. The molecule has 0 aliphatic carbocycles. The molecule has 1 aromatic carbocycles. The maximum absolute atomic E-state index is 11.8. The van der Waals surface area contributed by atoms with Crippen LogP contribution in [0.1, 0.15) is 13.8 Å². The Balaban J connectivity index is 3.11. The van der Waals surface area contributed by atoms with Crippen LogP contribution in [0.25, 0.3) is 0 Å². The highest BCUT2D eigenvalue weighted by molar-refractivity contribution is 5.95. The third kappa shape index (κ3) is 4.89. The van der Waals surface area contributed by atoms with E-state index < -0.39 is 22.6 Å². The van der Waals surface area contributed by atoms with Gasteiger partial charge < -0.3 is 14.2 Å². The van der Waals surface area contributed by atoms with Crippen LogP contribution in [0.3, 0.4) is 0 Å². The second-order valence-corrected chi connectivity index (χ2v) is 3.81. The van der Waals surface area contributed by atoms with Crippen molar-refractivity contribution in [2.24, 2.45) is 0 Å². The smallest absolute Gasteiger partial charge is 0.374 e. The van der Waals surface area contributed by atoms with Gasteiger partial charge in [-0.15, -0.1) is 0 Å². The average molecular weight is 309 g/mol. The number of rotatable bonds is 7. The van der Waals surface area contributed by atoms with Crippen LogP contribution in [0.4, 0.5) is 5.69 Å². The van der Waals surface area contributed by atoms with E-state index >= 15 is 0 Å². The molecule has 8 nitrogen and oxygen atoms in total. The number of hydrogen-bond acceptors (Lipinski definition) is 7. The van der Waals surface area contributed by atoms with E-state index in [1.54, 1.807) is 13.8 Å². The number of ether oxygens (including phenoxy) is 3. The summed E-state index contributed by atoms with van der Waals surface area (Å²) in [6, 6.07) is 5.46. The van der Waals surface area contributed by atoms with Gasteiger partial charge in [0.1, 0.15) is 0 Å². The maximum atomic E-state index is 11.8. The van der Waals surface area contributed by atoms with Crippen molar-refractivity contribution in [3.8, 4) is 5.75 Å². The fourth-order valence-corrected chi connectivity index (χ4v) is 1.44. The Hall–Kier alpha value is -2.90. The van der Waals surface area contributed by atoms with Crippen molar-refractivity contribution < 1.29 is 28.7 Å². The molecule has 0 atom stereocenters. The number of hydrogen-bond donors (Lipinski definition) is 0.